The lowest BCUT2D eigenvalue weighted by molar-refractivity contribution is 0.0198. The quantitative estimate of drug-likeness (QED) is 0.517. The molecule has 0 aromatic rings. The van der Waals surface area contributed by atoms with Crippen LogP contribution in [0.3, 0.4) is 0 Å². The Morgan fingerprint density at radius 1 is 1.53 bits per heavy atom. The minimum atomic E-state index is -0.487. The molecule has 5 nitrogen and oxygen atoms in total. The van der Waals surface area contributed by atoms with Gasteiger partial charge in [0.2, 0.25) is 6.08 Å². The molecule has 94 valence electrons. The first kappa shape index (κ1) is 12.1. The summed E-state index contributed by atoms with van der Waals surface area (Å²) in [5, 5.41) is 0. The molecule has 2 aliphatic rings. The first-order chi connectivity index (χ1) is 7.89. The first-order valence-electron chi connectivity index (χ1n) is 5.97. The number of hydrogen-bond donors (Lipinski definition) is 0. The molecule has 0 radical (unpaired) electrons. The molecule has 1 aliphatic heterocycles. The summed E-state index contributed by atoms with van der Waals surface area (Å²) in [6, 6.07) is -0.0741. The third kappa shape index (κ3) is 2.20. The summed E-state index contributed by atoms with van der Waals surface area (Å²) in [5.74, 6) is 0. The molecule has 0 N–H and O–H groups in total. The molecule has 1 aliphatic carbocycles. The topological polar surface area (TPSA) is 59.0 Å². The highest BCUT2D eigenvalue weighted by atomic mass is 16.6. The van der Waals surface area contributed by atoms with Gasteiger partial charge in [-0.05, 0) is 40.0 Å². The number of isocyanates is 1. The van der Waals surface area contributed by atoms with Crippen LogP contribution in [0.5, 0.6) is 0 Å². The Balaban J connectivity index is 2.07. The number of amides is 1. The first-order valence-corrected chi connectivity index (χ1v) is 5.97. The lowest BCUT2D eigenvalue weighted by Crippen LogP contribution is -2.42. The second-order valence-electron chi connectivity index (χ2n) is 5.78. The number of likely N-dealkylation sites (tertiary alicyclic amines) is 1. The second kappa shape index (κ2) is 3.84. The number of rotatable bonds is 1. The van der Waals surface area contributed by atoms with E-state index < -0.39 is 5.60 Å². The SMILES string of the molecule is CC(C)(C)OC(=O)N1CCCC12C[C@H]2N=C=O. The van der Waals surface area contributed by atoms with Gasteiger partial charge in [-0.25, -0.2) is 9.59 Å². The van der Waals surface area contributed by atoms with Crippen molar-refractivity contribution in [2.75, 3.05) is 6.54 Å². The van der Waals surface area contributed by atoms with Gasteiger partial charge < -0.3 is 9.64 Å². The average Bonchev–Trinajstić information content (AvgIpc) is 2.69. The standard InChI is InChI=1S/C12H18N2O3/c1-11(2,3)17-10(16)14-6-4-5-12(14)7-9(12)13-8-15/h9H,4-7H2,1-3H3/t9-,12?/m1/s1. The Labute approximate surface area is 101 Å². The van der Waals surface area contributed by atoms with Gasteiger partial charge in [-0.3, -0.25) is 0 Å². The Hall–Kier alpha value is -1.35. The molecule has 1 spiro atoms. The minimum Gasteiger partial charge on any atom is -0.444 e. The summed E-state index contributed by atoms with van der Waals surface area (Å²) in [7, 11) is 0. The van der Waals surface area contributed by atoms with E-state index in [1.807, 2.05) is 20.8 Å². The molecule has 1 saturated carbocycles. The monoisotopic (exact) mass is 238 g/mol. The zero-order valence-corrected chi connectivity index (χ0v) is 10.5. The highest BCUT2D eigenvalue weighted by Gasteiger charge is 2.63. The molecule has 1 saturated heterocycles. The molecule has 1 heterocycles. The molecule has 2 rings (SSSR count). The van der Waals surface area contributed by atoms with E-state index in [1.54, 1.807) is 11.0 Å². The molecule has 0 aromatic heterocycles. The zero-order chi connectivity index (χ0) is 12.7. The largest absolute Gasteiger partial charge is 0.444 e. The predicted molar refractivity (Wildman–Crippen MR) is 61.4 cm³/mol. The summed E-state index contributed by atoms with van der Waals surface area (Å²) in [6.45, 7) is 6.24. The van der Waals surface area contributed by atoms with E-state index in [0.717, 1.165) is 19.3 Å². The van der Waals surface area contributed by atoms with E-state index >= 15 is 0 Å². The van der Waals surface area contributed by atoms with Crippen LogP contribution in [-0.2, 0) is 9.53 Å². The summed E-state index contributed by atoms with van der Waals surface area (Å²) < 4.78 is 5.37. The maximum Gasteiger partial charge on any atom is 0.410 e. The lowest BCUT2D eigenvalue weighted by atomic mass is 10.2. The number of carbonyl (C=O) groups is 1. The number of ether oxygens (including phenoxy) is 1. The Bertz CT molecular complexity index is 382. The van der Waals surface area contributed by atoms with E-state index in [4.69, 9.17) is 4.74 Å². The predicted octanol–water partition coefficient (Wildman–Crippen LogP) is 1.86. The van der Waals surface area contributed by atoms with Crippen LogP contribution in [-0.4, -0.2) is 40.8 Å². The van der Waals surface area contributed by atoms with Crippen molar-refractivity contribution in [2.45, 2.75) is 57.2 Å². The lowest BCUT2D eigenvalue weighted by Gasteiger charge is -2.28. The van der Waals surface area contributed by atoms with E-state index in [9.17, 15) is 9.59 Å². The second-order valence-corrected chi connectivity index (χ2v) is 5.78. The molecule has 5 heteroatoms. The van der Waals surface area contributed by atoms with E-state index in [-0.39, 0.29) is 17.7 Å². The fraction of sp³-hybridized carbons (Fsp3) is 0.833. The summed E-state index contributed by atoms with van der Waals surface area (Å²) in [5.41, 5.74) is -0.737. The van der Waals surface area contributed by atoms with Crippen LogP contribution < -0.4 is 0 Å². The van der Waals surface area contributed by atoms with Gasteiger partial charge in [-0.2, -0.15) is 4.99 Å². The van der Waals surface area contributed by atoms with Crippen LogP contribution in [0.2, 0.25) is 0 Å². The fourth-order valence-corrected chi connectivity index (χ4v) is 2.56. The van der Waals surface area contributed by atoms with Crippen LogP contribution in [0, 0.1) is 0 Å². The summed E-state index contributed by atoms with van der Waals surface area (Å²) in [4.78, 5) is 27.8. The van der Waals surface area contributed by atoms with Crippen molar-refractivity contribution in [3.8, 4) is 0 Å². The van der Waals surface area contributed by atoms with Crippen LogP contribution in [0.25, 0.3) is 0 Å². The molecule has 0 aromatic carbocycles. The van der Waals surface area contributed by atoms with E-state index in [2.05, 4.69) is 4.99 Å². The van der Waals surface area contributed by atoms with Gasteiger partial charge in [-0.1, -0.05) is 0 Å². The van der Waals surface area contributed by atoms with Crippen LogP contribution in [0.4, 0.5) is 4.79 Å². The Kier molecular flexibility index (Phi) is 2.74. The fourth-order valence-electron chi connectivity index (χ4n) is 2.56. The van der Waals surface area contributed by atoms with Crippen molar-refractivity contribution in [3.05, 3.63) is 0 Å². The number of hydrogen-bond acceptors (Lipinski definition) is 4. The molecule has 1 unspecified atom stereocenters. The highest BCUT2D eigenvalue weighted by Crippen LogP contribution is 2.52. The number of carbonyl (C=O) groups excluding carboxylic acids is 2. The van der Waals surface area contributed by atoms with Crippen LogP contribution in [0.15, 0.2) is 4.99 Å². The van der Waals surface area contributed by atoms with Crippen molar-refractivity contribution in [3.63, 3.8) is 0 Å². The third-order valence-electron chi connectivity index (χ3n) is 3.36. The molecule has 1 amide bonds. The van der Waals surface area contributed by atoms with Gasteiger partial charge in [0.05, 0.1) is 11.6 Å². The van der Waals surface area contributed by atoms with Crippen molar-refractivity contribution in [1.82, 2.24) is 4.90 Å². The van der Waals surface area contributed by atoms with Gasteiger partial charge in [0, 0.05) is 6.54 Å². The Morgan fingerprint density at radius 2 is 2.24 bits per heavy atom. The van der Waals surface area contributed by atoms with Gasteiger partial charge in [0.25, 0.3) is 0 Å². The third-order valence-corrected chi connectivity index (χ3v) is 3.36. The van der Waals surface area contributed by atoms with Crippen LogP contribution >= 0.6 is 0 Å². The Morgan fingerprint density at radius 3 is 2.82 bits per heavy atom. The zero-order valence-electron chi connectivity index (χ0n) is 10.5. The van der Waals surface area contributed by atoms with E-state index in [1.165, 1.54) is 0 Å². The molecular formula is C12H18N2O3. The van der Waals surface area contributed by atoms with Gasteiger partial charge in [-0.15, -0.1) is 0 Å². The van der Waals surface area contributed by atoms with Crippen molar-refractivity contribution in [2.24, 2.45) is 4.99 Å². The van der Waals surface area contributed by atoms with Crippen molar-refractivity contribution >= 4 is 12.2 Å². The van der Waals surface area contributed by atoms with E-state index in [0.29, 0.717) is 6.54 Å². The molecule has 2 fully saturated rings. The number of nitrogens with zero attached hydrogens (tertiary/aromatic N) is 2. The maximum atomic E-state index is 12.0. The summed E-state index contributed by atoms with van der Waals surface area (Å²) in [6.07, 6.45) is 3.91. The molecule has 17 heavy (non-hydrogen) atoms. The van der Waals surface area contributed by atoms with Crippen molar-refractivity contribution in [1.29, 1.82) is 0 Å². The molecular weight excluding hydrogens is 220 g/mol. The normalized spacial score (nSPS) is 31.2. The van der Waals surface area contributed by atoms with Gasteiger partial charge in [0.1, 0.15) is 5.60 Å². The van der Waals surface area contributed by atoms with Gasteiger partial charge >= 0.3 is 6.09 Å². The number of aliphatic imine (C=N–C) groups is 1. The summed E-state index contributed by atoms with van der Waals surface area (Å²) >= 11 is 0. The smallest absolute Gasteiger partial charge is 0.410 e. The van der Waals surface area contributed by atoms with Gasteiger partial charge in [0.15, 0.2) is 0 Å². The molecule has 0 bridgehead atoms. The van der Waals surface area contributed by atoms with Crippen LogP contribution in [0.1, 0.15) is 40.0 Å². The highest BCUT2D eigenvalue weighted by molar-refractivity contribution is 5.71. The molecule has 2 atom stereocenters. The van der Waals surface area contributed by atoms with Crippen molar-refractivity contribution < 1.29 is 14.3 Å². The average molecular weight is 238 g/mol. The maximum absolute atomic E-state index is 12.0. The minimum absolute atomic E-state index is 0.0741.